The molecule has 1 heterocycles. The van der Waals surface area contributed by atoms with Crippen LogP contribution in [0, 0.1) is 24.2 Å². The summed E-state index contributed by atoms with van der Waals surface area (Å²) in [7, 11) is 0. The van der Waals surface area contributed by atoms with Gasteiger partial charge in [0.05, 0.1) is 6.07 Å². The molecule has 2 fully saturated rings. The fraction of sp³-hybridized carbons (Fsp3) is 0.619. The monoisotopic (exact) mass is 339 g/mol. The quantitative estimate of drug-likeness (QED) is 0.899. The lowest BCUT2D eigenvalue weighted by Gasteiger charge is -2.39. The molecule has 134 valence electrons. The Kier molecular flexibility index (Phi) is 5.63. The minimum absolute atomic E-state index is 0.0361. The maximum atomic E-state index is 12.6. The van der Waals surface area contributed by atoms with Crippen molar-refractivity contribution in [3.63, 3.8) is 0 Å². The summed E-state index contributed by atoms with van der Waals surface area (Å²) in [5, 5.41) is 12.2. The standard InChI is InChI=1S/C21H29N3O/c1-17-6-5-7-19(14-17)21(10-3-2-4-11-21)16-23-20(25)24-12-8-18(15-22)9-13-24/h5-7,14,18H,2-4,8-13,16H2,1H3,(H,23,25). The lowest BCUT2D eigenvalue weighted by atomic mass is 9.69. The van der Waals surface area contributed by atoms with E-state index >= 15 is 0 Å². The Morgan fingerprint density at radius 1 is 1.28 bits per heavy atom. The zero-order chi connectivity index (χ0) is 17.7. The summed E-state index contributed by atoms with van der Waals surface area (Å²) in [5.41, 5.74) is 2.73. The van der Waals surface area contributed by atoms with E-state index in [-0.39, 0.29) is 17.4 Å². The first-order valence-electron chi connectivity index (χ1n) is 9.62. The highest BCUT2D eigenvalue weighted by Gasteiger charge is 2.35. The van der Waals surface area contributed by atoms with Crippen LogP contribution in [0.3, 0.4) is 0 Å². The Hall–Kier alpha value is -2.02. The van der Waals surface area contributed by atoms with Crippen molar-refractivity contribution >= 4 is 6.03 Å². The Morgan fingerprint density at radius 2 is 2.00 bits per heavy atom. The second-order valence-electron chi connectivity index (χ2n) is 7.76. The summed E-state index contributed by atoms with van der Waals surface area (Å²) in [5.74, 6) is 0.112. The number of urea groups is 1. The number of carbonyl (C=O) groups is 1. The van der Waals surface area contributed by atoms with Gasteiger partial charge in [-0.2, -0.15) is 5.26 Å². The molecule has 1 saturated heterocycles. The van der Waals surface area contributed by atoms with Crippen LogP contribution in [-0.4, -0.2) is 30.6 Å². The predicted molar refractivity (Wildman–Crippen MR) is 99.3 cm³/mol. The molecule has 4 nitrogen and oxygen atoms in total. The molecule has 0 spiro atoms. The topological polar surface area (TPSA) is 56.1 Å². The lowest BCUT2D eigenvalue weighted by molar-refractivity contribution is 0.173. The molecule has 2 aliphatic rings. The van der Waals surface area contributed by atoms with Gasteiger partial charge in [-0.25, -0.2) is 4.79 Å². The van der Waals surface area contributed by atoms with Crippen molar-refractivity contribution in [1.82, 2.24) is 10.2 Å². The van der Waals surface area contributed by atoms with E-state index in [9.17, 15) is 4.79 Å². The minimum Gasteiger partial charge on any atom is -0.337 e. The van der Waals surface area contributed by atoms with Crippen LogP contribution >= 0.6 is 0 Å². The summed E-state index contributed by atoms with van der Waals surface area (Å²) >= 11 is 0. The van der Waals surface area contributed by atoms with Crippen molar-refractivity contribution in [1.29, 1.82) is 5.26 Å². The van der Waals surface area contributed by atoms with Crippen molar-refractivity contribution in [3.05, 3.63) is 35.4 Å². The molecule has 0 bridgehead atoms. The van der Waals surface area contributed by atoms with Gasteiger partial charge in [-0.15, -0.1) is 0 Å². The maximum absolute atomic E-state index is 12.6. The molecule has 2 amide bonds. The fourth-order valence-electron chi connectivity index (χ4n) is 4.34. The van der Waals surface area contributed by atoms with Gasteiger partial charge in [-0.05, 0) is 38.2 Å². The number of carbonyl (C=O) groups excluding carboxylic acids is 1. The molecule has 4 heteroatoms. The summed E-state index contributed by atoms with van der Waals surface area (Å²) in [4.78, 5) is 14.5. The Bertz CT molecular complexity index is 635. The van der Waals surface area contributed by atoms with Gasteiger partial charge >= 0.3 is 6.03 Å². The molecular formula is C21H29N3O. The van der Waals surface area contributed by atoms with E-state index in [2.05, 4.69) is 42.6 Å². The smallest absolute Gasteiger partial charge is 0.317 e. The average molecular weight is 339 g/mol. The fourth-order valence-corrected chi connectivity index (χ4v) is 4.34. The average Bonchev–Trinajstić information content (AvgIpc) is 2.67. The van der Waals surface area contributed by atoms with Crippen LogP contribution in [-0.2, 0) is 5.41 Å². The maximum Gasteiger partial charge on any atom is 0.317 e. The predicted octanol–water partition coefficient (Wildman–Crippen LogP) is 4.14. The van der Waals surface area contributed by atoms with Gasteiger partial charge < -0.3 is 10.2 Å². The number of nitriles is 1. The third kappa shape index (κ3) is 4.15. The second kappa shape index (κ2) is 7.91. The van der Waals surface area contributed by atoms with E-state index in [4.69, 9.17) is 5.26 Å². The molecule has 1 aromatic rings. The third-order valence-corrected chi connectivity index (χ3v) is 5.98. The summed E-state index contributed by atoms with van der Waals surface area (Å²) < 4.78 is 0. The SMILES string of the molecule is Cc1cccc(C2(CNC(=O)N3CCC(C#N)CC3)CCCCC2)c1. The Labute approximate surface area is 151 Å². The van der Waals surface area contributed by atoms with Crippen molar-refractivity contribution < 1.29 is 4.79 Å². The first kappa shape index (κ1) is 17.8. The van der Waals surface area contributed by atoms with Crippen LogP contribution in [0.1, 0.15) is 56.1 Å². The number of benzene rings is 1. The molecular weight excluding hydrogens is 310 g/mol. The van der Waals surface area contributed by atoms with Crippen molar-refractivity contribution in [2.24, 2.45) is 5.92 Å². The Balaban J connectivity index is 1.65. The molecule has 0 aromatic heterocycles. The van der Waals surface area contributed by atoms with Crippen molar-refractivity contribution in [3.8, 4) is 6.07 Å². The van der Waals surface area contributed by atoms with Crippen LogP contribution < -0.4 is 5.32 Å². The molecule has 1 N–H and O–H groups in total. The first-order valence-corrected chi connectivity index (χ1v) is 9.62. The minimum atomic E-state index is 0.0361. The van der Waals surface area contributed by atoms with Gasteiger partial charge in [0, 0.05) is 31.0 Å². The highest BCUT2D eigenvalue weighted by molar-refractivity contribution is 5.74. The van der Waals surface area contributed by atoms with E-state index in [0.717, 1.165) is 25.7 Å². The van der Waals surface area contributed by atoms with Crippen LogP contribution in [0.2, 0.25) is 0 Å². The summed E-state index contributed by atoms with van der Waals surface area (Å²) in [6.07, 6.45) is 7.65. The number of aryl methyl sites for hydroxylation is 1. The summed E-state index contributed by atoms with van der Waals surface area (Å²) in [6.45, 7) is 4.24. The molecule has 1 aliphatic carbocycles. The van der Waals surface area contributed by atoms with Crippen LogP contribution in [0.5, 0.6) is 0 Å². The number of nitrogens with zero attached hydrogens (tertiary/aromatic N) is 2. The van der Waals surface area contributed by atoms with Crippen LogP contribution in [0.15, 0.2) is 24.3 Å². The molecule has 1 aromatic carbocycles. The highest BCUT2D eigenvalue weighted by atomic mass is 16.2. The molecule has 0 unspecified atom stereocenters. The molecule has 1 saturated carbocycles. The Morgan fingerprint density at radius 3 is 2.64 bits per heavy atom. The first-order chi connectivity index (χ1) is 12.1. The number of piperidine rings is 1. The lowest BCUT2D eigenvalue weighted by Crippen LogP contribution is -2.49. The molecule has 3 rings (SSSR count). The molecule has 0 radical (unpaired) electrons. The van der Waals surface area contributed by atoms with E-state index in [1.807, 2.05) is 4.90 Å². The zero-order valence-electron chi connectivity index (χ0n) is 15.3. The van der Waals surface area contributed by atoms with E-state index < -0.39 is 0 Å². The zero-order valence-corrected chi connectivity index (χ0v) is 15.3. The van der Waals surface area contributed by atoms with Gasteiger partial charge in [-0.3, -0.25) is 0 Å². The summed E-state index contributed by atoms with van der Waals surface area (Å²) in [6, 6.07) is 11.1. The van der Waals surface area contributed by atoms with Gasteiger partial charge in [0.2, 0.25) is 0 Å². The largest absolute Gasteiger partial charge is 0.337 e. The van der Waals surface area contributed by atoms with E-state index in [1.54, 1.807) is 0 Å². The van der Waals surface area contributed by atoms with E-state index in [1.165, 1.54) is 30.4 Å². The highest BCUT2D eigenvalue weighted by Crippen LogP contribution is 2.39. The number of hydrogen-bond donors (Lipinski definition) is 1. The molecule has 1 aliphatic heterocycles. The number of nitrogens with one attached hydrogen (secondary N) is 1. The van der Waals surface area contributed by atoms with E-state index in [0.29, 0.717) is 19.6 Å². The second-order valence-corrected chi connectivity index (χ2v) is 7.76. The molecule has 25 heavy (non-hydrogen) atoms. The third-order valence-electron chi connectivity index (χ3n) is 5.98. The van der Waals surface area contributed by atoms with Gasteiger partial charge in [0.15, 0.2) is 0 Å². The van der Waals surface area contributed by atoms with Gasteiger partial charge in [-0.1, -0.05) is 49.1 Å². The number of hydrogen-bond acceptors (Lipinski definition) is 2. The molecule has 0 atom stereocenters. The number of rotatable bonds is 3. The van der Waals surface area contributed by atoms with Gasteiger partial charge in [0.25, 0.3) is 0 Å². The van der Waals surface area contributed by atoms with Crippen LogP contribution in [0.25, 0.3) is 0 Å². The number of likely N-dealkylation sites (tertiary alicyclic amines) is 1. The van der Waals surface area contributed by atoms with Crippen LogP contribution in [0.4, 0.5) is 4.79 Å². The normalized spacial score (nSPS) is 20.7. The van der Waals surface area contributed by atoms with Crippen molar-refractivity contribution in [2.75, 3.05) is 19.6 Å². The number of amides is 2. The van der Waals surface area contributed by atoms with Crippen molar-refractivity contribution in [2.45, 2.75) is 57.3 Å². The van der Waals surface area contributed by atoms with Gasteiger partial charge in [0.1, 0.15) is 0 Å².